The summed E-state index contributed by atoms with van der Waals surface area (Å²) >= 11 is 6.70. The van der Waals surface area contributed by atoms with Gasteiger partial charge in [0.2, 0.25) is 0 Å². The Morgan fingerprint density at radius 3 is 2.66 bits per heavy atom. The molecule has 0 aliphatic rings. The van der Waals surface area contributed by atoms with Crippen molar-refractivity contribution in [2.45, 2.75) is 40.3 Å². The van der Waals surface area contributed by atoms with Gasteiger partial charge in [0, 0.05) is 34.1 Å². The second-order valence-electron chi connectivity index (χ2n) is 9.21. The summed E-state index contributed by atoms with van der Waals surface area (Å²) < 4.78 is 7.82. The minimum Gasteiger partial charge on any atom is -0.486 e. The molecule has 0 aliphatic carbocycles. The number of benzene rings is 1. The van der Waals surface area contributed by atoms with Crippen LogP contribution in [-0.4, -0.2) is 24.7 Å². The zero-order valence-corrected chi connectivity index (χ0v) is 22.2. The number of pyridine rings is 3. The summed E-state index contributed by atoms with van der Waals surface area (Å²) in [5, 5.41) is 18.0. The van der Waals surface area contributed by atoms with E-state index in [1.165, 1.54) is 10.6 Å². The van der Waals surface area contributed by atoms with Crippen LogP contribution in [0.1, 0.15) is 46.7 Å². The quantitative estimate of drug-likeness (QED) is 0.300. The molecule has 0 spiro atoms. The van der Waals surface area contributed by atoms with Crippen molar-refractivity contribution in [3.8, 4) is 23.1 Å². The van der Waals surface area contributed by atoms with Gasteiger partial charge in [0.25, 0.3) is 5.56 Å². The Morgan fingerprint density at radius 2 is 1.92 bits per heavy atom. The molecule has 190 valence electrons. The van der Waals surface area contributed by atoms with Crippen molar-refractivity contribution in [2.24, 2.45) is 0 Å². The summed E-state index contributed by atoms with van der Waals surface area (Å²) in [6.45, 7) is 7.77. The Hall–Kier alpha value is -4.48. The number of fused-ring (bicyclic) bond motifs is 1. The summed E-state index contributed by atoms with van der Waals surface area (Å²) in [6.07, 6.45) is 3.44. The zero-order valence-electron chi connectivity index (χ0n) is 21.4. The molecular formula is C29H25ClN6O2. The number of nitrogens with one attached hydrogen (secondary N) is 1. The average molecular weight is 525 g/mol. The second kappa shape index (κ2) is 10.1. The fraction of sp³-hybridized carbons (Fsp3) is 0.207. The first-order valence-electron chi connectivity index (χ1n) is 12.1. The lowest BCUT2D eigenvalue weighted by Gasteiger charge is -2.20. The molecule has 9 heteroatoms. The maximum absolute atomic E-state index is 12.8. The maximum atomic E-state index is 12.8. The summed E-state index contributed by atoms with van der Waals surface area (Å²) in [5.41, 5.74) is 6.19. The number of hydrogen-bond acceptors (Lipinski definition) is 6. The third kappa shape index (κ3) is 4.53. The van der Waals surface area contributed by atoms with Crippen molar-refractivity contribution >= 4 is 22.5 Å². The number of aromatic nitrogens is 5. The first kappa shape index (κ1) is 25.2. The molecule has 5 aromatic rings. The van der Waals surface area contributed by atoms with Gasteiger partial charge in [-0.3, -0.25) is 14.9 Å². The van der Waals surface area contributed by atoms with Crippen LogP contribution in [0.4, 0.5) is 0 Å². The van der Waals surface area contributed by atoms with Crippen molar-refractivity contribution in [2.75, 3.05) is 0 Å². The largest absolute Gasteiger partial charge is 0.486 e. The van der Waals surface area contributed by atoms with Crippen LogP contribution in [0.3, 0.4) is 0 Å². The minimum absolute atomic E-state index is 0.0661. The standard InChI is InChI=1S/C29H25ClN6O2/c1-16-14-32-35-26(16)22-11-17(2)34-28-21(22)8-5-9-25(28)38-15-23-24(30)12-18(3)33-27(23)19(4)36-10-6-7-20(13-31)29(36)37/h5-12,14,19H,15H2,1-4H3,(H,32,35). The monoisotopic (exact) mass is 524 g/mol. The van der Waals surface area contributed by atoms with E-state index in [1.54, 1.807) is 24.5 Å². The Balaban J connectivity index is 1.56. The van der Waals surface area contributed by atoms with Gasteiger partial charge in [0.1, 0.15) is 29.5 Å². The lowest BCUT2D eigenvalue weighted by Crippen LogP contribution is -2.26. The molecule has 0 aliphatic heterocycles. The molecule has 4 aromatic heterocycles. The van der Waals surface area contributed by atoms with Crippen LogP contribution in [0.25, 0.3) is 22.2 Å². The normalized spacial score (nSPS) is 11.9. The van der Waals surface area contributed by atoms with Gasteiger partial charge in [-0.1, -0.05) is 23.7 Å². The van der Waals surface area contributed by atoms with E-state index in [2.05, 4.69) is 10.2 Å². The third-order valence-electron chi connectivity index (χ3n) is 6.54. The highest BCUT2D eigenvalue weighted by Gasteiger charge is 2.21. The van der Waals surface area contributed by atoms with Gasteiger partial charge in [-0.15, -0.1) is 0 Å². The third-order valence-corrected chi connectivity index (χ3v) is 6.88. The second-order valence-corrected chi connectivity index (χ2v) is 9.62. The van der Waals surface area contributed by atoms with Crippen molar-refractivity contribution < 1.29 is 4.74 Å². The highest BCUT2D eigenvalue weighted by Crippen LogP contribution is 2.35. The zero-order chi connectivity index (χ0) is 27.0. The van der Waals surface area contributed by atoms with E-state index < -0.39 is 6.04 Å². The number of aryl methyl sites for hydroxylation is 3. The van der Waals surface area contributed by atoms with Gasteiger partial charge in [0.15, 0.2) is 0 Å². The number of halogens is 1. The van der Waals surface area contributed by atoms with E-state index in [-0.39, 0.29) is 17.7 Å². The Morgan fingerprint density at radius 1 is 1.13 bits per heavy atom. The maximum Gasteiger partial charge on any atom is 0.269 e. The molecule has 0 radical (unpaired) electrons. The molecule has 0 fully saturated rings. The number of nitrogens with zero attached hydrogens (tertiary/aromatic N) is 5. The smallest absolute Gasteiger partial charge is 0.269 e. The first-order valence-corrected chi connectivity index (χ1v) is 12.5. The lowest BCUT2D eigenvalue weighted by molar-refractivity contribution is 0.306. The van der Waals surface area contributed by atoms with Crippen molar-refractivity contribution in [1.29, 1.82) is 5.26 Å². The van der Waals surface area contributed by atoms with Crippen molar-refractivity contribution in [1.82, 2.24) is 24.7 Å². The average Bonchev–Trinajstić information content (AvgIpc) is 3.32. The molecule has 0 saturated carbocycles. The van der Waals surface area contributed by atoms with Gasteiger partial charge >= 0.3 is 0 Å². The summed E-state index contributed by atoms with van der Waals surface area (Å²) in [5.74, 6) is 0.600. The first-order chi connectivity index (χ1) is 18.3. The van der Waals surface area contributed by atoms with Gasteiger partial charge in [-0.25, -0.2) is 4.98 Å². The molecular weight excluding hydrogens is 500 g/mol. The van der Waals surface area contributed by atoms with E-state index in [0.29, 0.717) is 27.7 Å². The summed E-state index contributed by atoms with van der Waals surface area (Å²) in [7, 11) is 0. The molecule has 5 rings (SSSR count). The van der Waals surface area contributed by atoms with Crippen LogP contribution in [0.15, 0.2) is 59.7 Å². The number of ether oxygens (including phenoxy) is 1. The molecule has 38 heavy (non-hydrogen) atoms. The van der Waals surface area contributed by atoms with Crippen LogP contribution in [0, 0.1) is 32.1 Å². The molecule has 1 unspecified atom stereocenters. The fourth-order valence-corrected chi connectivity index (χ4v) is 4.95. The van der Waals surface area contributed by atoms with Crippen LogP contribution in [0.5, 0.6) is 5.75 Å². The Kier molecular flexibility index (Phi) is 6.70. The van der Waals surface area contributed by atoms with Crippen LogP contribution >= 0.6 is 11.6 Å². The SMILES string of the molecule is Cc1cc(Cl)c(COc2cccc3c(-c4[nH]ncc4C)cc(C)nc23)c(C(C)n2cccc(C#N)c2=O)n1. The number of rotatable bonds is 6. The van der Waals surface area contributed by atoms with E-state index >= 15 is 0 Å². The predicted molar refractivity (Wildman–Crippen MR) is 146 cm³/mol. The molecule has 0 bridgehead atoms. The predicted octanol–water partition coefficient (Wildman–Crippen LogP) is 5.82. The number of hydrogen-bond donors (Lipinski definition) is 1. The highest BCUT2D eigenvalue weighted by molar-refractivity contribution is 6.31. The Bertz CT molecular complexity index is 1780. The van der Waals surface area contributed by atoms with Crippen LogP contribution < -0.4 is 10.3 Å². The summed E-state index contributed by atoms with van der Waals surface area (Å²) in [6, 6.07) is 14.3. The minimum atomic E-state index is -0.477. The number of aromatic amines is 1. The fourth-order valence-electron chi connectivity index (χ4n) is 4.65. The van der Waals surface area contributed by atoms with Crippen molar-refractivity contribution in [3.05, 3.63) is 104 Å². The van der Waals surface area contributed by atoms with E-state index in [4.69, 9.17) is 26.3 Å². The highest BCUT2D eigenvalue weighted by atomic mass is 35.5. The van der Waals surface area contributed by atoms with Crippen LogP contribution in [-0.2, 0) is 6.61 Å². The molecule has 8 nitrogen and oxygen atoms in total. The van der Waals surface area contributed by atoms with Gasteiger partial charge in [0.05, 0.1) is 28.6 Å². The van der Waals surface area contributed by atoms with Gasteiger partial charge in [-0.2, -0.15) is 10.4 Å². The lowest BCUT2D eigenvalue weighted by atomic mass is 10.0. The number of nitriles is 1. The molecule has 0 saturated heterocycles. The van der Waals surface area contributed by atoms with Crippen LogP contribution in [0.2, 0.25) is 5.02 Å². The molecule has 1 aromatic carbocycles. The Labute approximate surface area is 224 Å². The molecule has 1 N–H and O–H groups in total. The van der Waals surface area contributed by atoms with Gasteiger partial charge < -0.3 is 9.30 Å². The summed E-state index contributed by atoms with van der Waals surface area (Å²) in [4.78, 5) is 22.3. The van der Waals surface area contributed by atoms with Crippen molar-refractivity contribution in [3.63, 3.8) is 0 Å². The van der Waals surface area contributed by atoms with E-state index in [1.807, 2.05) is 58.0 Å². The molecule has 0 amide bonds. The number of para-hydroxylation sites is 1. The molecule has 4 heterocycles. The topological polar surface area (TPSA) is 109 Å². The van der Waals surface area contributed by atoms with Gasteiger partial charge in [-0.05, 0) is 63.6 Å². The van der Waals surface area contributed by atoms with E-state index in [0.717, 1.165) is 33.4 Å². The number of H-pyrrole nitrogens is 1. The molecule has 1 atom stereocenters. The van der Waals surface area contributed by atoms with E-state index in [9.17, 15) is 10.1 Å².